The Hall–Kier alpha value is -1.51. The molecule has 1 aliphatic heterocycles. The summed E-state index contributed by atoms with van der Waals surface area (Å²) in [5.74, 6) is 0.178. The van der Waals surface area contributed by atoms with Gasteiger partial charge in [0.15, 0.2) is 0 Å². The molecule has 0 unspecified atom stereocenters. The van der Waals surface area contributed by atoms with E-state index in [2.05, 4.69) is 15.0 Å². The first-order valence-corrected chi connectivity index (χ1v) is 8.17. The Kier molecular flexibility index (Phi) is 6.18. The van der Waals surface area contributed by atoms with Crippen LogP contribution in [0.25, 0.3) is 0 Å². The predicted octanol–water partition coefficient (Wildman–Crippen LogP) is 2.56. The fraction of sp³-hybridized carbons (Fsp3) is 0.647. The van der Waals surface area contributed by atoms with Crippen molar-refractivity contribution in [3.8, 4) is 11.5 Å². The first-order chi connectivity index (χ1) is 11.7. The van der Waals surface area contributed by atoms with Crippen LogP contribution >= 0.6 is 0 Å². The van der Waals surface area contributed by atoms with Gasteiger partial charge in [-0.15, -0.1) is 13.2 Å². The predicted molar refractivity (Wildman–Crippen MR) is 87.7 cm³/mol. The van der Waals surface area contributed by atoms with E-state index in [-0.39, 0.29) is 18.4 Å². The maximum Gasteiger partial charge on any atom is 0.573 e. The first kappa shape index (κ1) is 19.8. The SMILES string of the molecule is COc1ccc(OC(F)(F)F)cc1[C@@H](N1CCNCC1)C(C)(C)CO. The second-order valence-electron chi connectivity index (χ2n) is 6.79. The zero-order valence-electron chi connectivity index (χ0n) is 14.7. The molecule has 0 bridgehead atoms. The van der Waals surface area contributed by atoms with Crippen LogP contribution in [0, 0.1) is 5.41 Å². The molecule has 0 saturated carbocycles. The number of methoxy groups -OCH3 is 1. The number of hydrogen-bond donors (Lipinski definition) is 2. The lowest BCUT2D eigenvalue weighted by Crippen LogP contribution is -2.49. The molecule has 1 atom stereocenters. The Morgan fingerprint density at radius 3 is 2.40 bits per heavy atom. The molecule has 142 valence electrons. The Bertz CT molecular complexity index is 573. The van der Waals surface area contributed by atoms with Crippen LogP contribution in [0.4, 0.5) is 13.2 Å². The fourth-order valence-corrected chi connectivity index (χ4v) is 3.26. The van der Waals surface area contributed by atoms with Crippen molar-refractivity contribution in [2.24, 2.45) is 5.41 Å². The number of benzene rings is 1. The standard InChI is InChI=1S/C17H25F3N2O3/c1-16(2,11-23)15(22-8-6-21-7-9-22)13-10-12(25-17(18,19)20)4-5-14(13)24-3/h4-5,10,15,21,23H,6-9,11H2,1-3H3/t15-/m1/s1. The maximum absolute atomic E-state index is 12.6. The van der Waals surface area contributed by atoms with Crippen molar-refractivity contribution in [3.05, 3.63) is 23.8 Å². The van der Waals surface area contributed by atoms with Gasteiger partial charge in [0.25, 0.3) is 0 Å². The molecule has 8 heteroatoms. The molecular weight excluding hydrogens is 337 g/mol. The average molecular weight is 362 g/mol. The van der Waals surface area contributed by atoms with Crippen molar-refractivity contribution in [1.82, 2.24) is 10.2 Å². The summed E-state index contributed by atoms with van der Waals surface area (Å²) >= 11 is 0. The van der Waals surface area contributed by atoms with Gasteiger partial charge in [-0.25, -0.2) is 0 Å². The minimum absolute atomic E-state index is 0.116. The van der Waals surface area contributed by atoms with Gasteiger partial charge in [-0.05, 0) is 18.2 Å². The lowest BCUT2D eigenvalue weighted by atomic mass is 9.79. The van der Waals surface area contributed by atoms with E-state index in [1.54, 1.807) is 0 Å². The van der Waals surface area contributed by atoms with Gasteiger partial charge in [0, 0.05) is 49.8 Å². The Morgan fingerprint density at radius 2 is 1.88 bits per heavy atom. The average Bonchev–Trinajstić information content (AvgIpc) is 2.55. The molecule has 0 aromatic heterocycles. The van der Waals surface area contributed by atoms with E-state index in [1.165, 1.54) is 25.3 Å². The van der Waals surface area contributed by atoms with Crippen molar-refractivity contribution in [3.63, 3.8) is 0 Å². The van der Waals surface area contributed by atoms with Gasteiger partial charge in [0.1, 0.15) is 11.5 Å². The van der Waals surface area contributed by atoms with Gasteiger partial charge < -0.3 is 19.9 Å². The van der Waals surface area contributed by atoms with Crippen LogP contribution in [0.1, 0.15) is 25.5 Å². The third kappa shape index (κ3) is 4.99. The van der Waals surface area contributed by atoms with Crippen LogP contribution in [-0.4, -0.2) is 56.3 Å². The lowest BCUT2D eigenvalue weighted by molar-refractivity contribution is -0.274. The van der Waals surface area contributed by atoms with E-state index >= 15 is 0 Å². The third-order valence-electron chi connectivity index (χ3n) is 4.39. The normalized spacial score (nSPS) is 18.0. The van der Waals surface area contributed by atoms with Crippen LogP contribution in [0.2, 0.25) is 0 Å². The molecule has 1 aromatic carbocycles. The van der Waals surface area contributed by atoms with Crippen LogP contribution < -0.4 is 14.8 Å². The van der Waals surface area contributed by atoms with E-state index in [1.807, 2.05) is 13.8 Å². The second kappa shape index (κ2) is 7.80. The van der Waals surface area contributed by atoms with Gasteiger partial charge in [-0.2, -0.15) is 0 Å². The van der Waals surface area contributed by atoms with E-state index < -0.39 is 11.8 Å². The number of aliphatic hydroxyl groups excluding tert-OH is 1. The topological polar surface area (TPSA) is 54.0 Å². The first-order valence-electron chi connectivity index (χ1n) is 8.17. The summed E-state index contributed by atoms with van der Waals surface area (Å²) in [5, 5.41) is 13.1. The van der Waals surface area contributed by atoms with Crippen molar-refractivity contribution in [1.29, 1.82) is 0 Å². The molecule has 1 aromatic rings. The van der Waals surface area contributed by atoms with E-state index in [0.29, 0.717) is 11.3 Å². The number of rotatable bonds is 6. The van der Waals surface area contributed by atoms with E-state index in [9.17, 15) is 18.3 Å². The summed E-state index contributed by atoms with van der Waals surface area (Å²) in [4.78, 5) is 2.15. The highest BCUT2D eigenvalue weighted by molar-refractivity contribution is 5.43. The molecule has 0 spiro atoms. The van der Waals surface area contributed by atoms with Crippen LogP contribution in [0.15, 0.2) is 18.2 Å². The highest BCUT2D eigenvalue weighted by atomic mass is 19.4. The van der Waals surface area contributed by atoms with Crippen molar-refractivity contribution in [2.75, 3.05) is 39.9 Å². The maximum atomic E-state index is 12.6. The lowest BCUT2D eigenvalue weighted by Gasteiger charge is -2.43. The highest BCUT2D eigenvalue weighted by Gasteiger charge is 2.38. The van der Waals surface area contributed by atoms with Crippen LogP contribution in [0.3, 0.4) is 0 Å². The van der Waals surface area contributed by atoms with Gasteiger partial charge in [-0.3, -0.25) is 4.90 Å². The molecule has 1 saturated heterocycles. The molecule has 2 rings (SSSR count). The van der Waals surface area contributed by atoms with Crippen molar-refractivity contribution in [2.45, 2.75) is 26.3 Å². The molecule has 1 heterocycles. The fourth-order valence-electron chi connectivity index (χ4n) is 3.26. The van der Waals surface area contributed by atoms with E-state index in [4.69, 9.17) is 4.74 Å². The van der Waals surface area contributed by atoms with Gasteiger partial charge in [0.05, 0.1) is 7.11 Å². The van der Waals surface area contributed by atoms with E-state index in [0.717, 1.165) is 26.2 Å². The van der Waals surface area contributed by atoms with Crippen molar-refractivity contribution >= 4 is 0 Å². The van der Waals surface area contributed by atoms with Crippen LogP contribution in [-0.2, 0) is 0 Å². The van der Waals surface area contributed by atoms with Gasteiger partial charge >= 0.3 is 6.36 Å². The molecule has 1 aliphatic rings. The number of nitrogens with one attached hydrogen (secondary N) is 1. The number of aliphatic hydroxyl groups is 1. The van der Waals surface area contributed by atoms with Crippen molar-refractivity contribution < 1.29 is 27.8 Å². The number of alkyl halides is 3. The quantitative estimate of drug-likeness (QED) is 0.815. The largest absolute Gasteiger partial charge is 0.573 e. The summed E-state index contributed by atoms with van der Waals surface area (Å²) < 4.78 is 47.3. The molecule has 5 nitrogen and oxygen atoms in total. The summed E-state index contributed by atoms with van der Waals surface area (Å²) in [6.45, 7) is 6.66. The molecule has 0 amide bonds. The Balaban J connectivity index is 2.48. The number of halogens is 3. The zero-order chi connectivity index (χ0) is 18.7. The van der Waals surface area contributed by atoms with Crippen LogP contribution in [0.5, 0.6) is 11.5 Å². The zero-order valence-corrected chi connectivity index (χ0v) is 14.7. The molecule has 0 aliphatic carbocycles. The molecular formula is C17H25F3N2O3. The monoisotopic (exact) mass is 362 g/mol. The highest BCUT2D eigenvalue weighted by Crippen LogP contribution is 2.43. The number of hydrogen-bond acceptors (Lipinski definition) is 5. The summed E-state index contributed by atoms with van der Waals surface area (Å²) in [7, 11) is 1.48. The molecule has 2 N–H and O–H groups in total. The second-order valence-corrected chi connectivity index (χ2v) is 6.79. The third-order valence-corrected chi connectivity index (χ3v) is 4.39. The molecule has 0 radical (unpaired) electrons. The number of piperazine rings is 1. The number of nitrogens with zero attached hydrogens (tertiary/aromatic N) is 1. The minimum Gasteiger partial charge on any atom is -0.496 e. The minimum atomic E-state index is -4.76. The smallest absolute Gasteiger partial charge is 0.496 e. The van der Waals surface area contributed by atoms with Gasteiger partial charge in [-0.1, -0.05) is 13.8 Å². The number of ether oxygens (including phenoxy) is 2. The summed E-state index contributed by atoms with van der Waals surface area (Å²) in [6.07, 6.45) is -4.76. The molecule has 25 heavy (non-hydrogen) atoms. The Labute approximate surface area is 145 Å². The molecule has 1 fully saturated rings. The Morgan fingerprint density at radius 1 is 1.24 bits per heavy atom. The summed E-state index contributed by atoms with van der Waals surface area (Å²) in [5.41, 5.74) is -0.00761. The summed E-state index contributed by atoms with van der Waals surface area (Å²) in [6, 6.07) is 3.75. The van der Waals surface area contributed by atoms with Gasteiger partial charge in [0.2, 0.25) is 0 Å².